The van der Waals surface area contributed by atoms with Gasteiger partial charge in [0.15, 0.2) is 5.75 Å². The molecule has 2 N–H and O–H groups in total. The maximum absolute atomic E-state index is 12.6. The fourth-order valence-electron chi connectivity index (χ4n) is 4.15. The van der Waals surface area contributed by atoms with Crippen LogP contribution in [0, 0.1) is 0 Å². The summed E-state index contributed by atoms with van der Waals surface area (Å²) in [5.41, 5.74) is 0.0280. The van der Waals surface area contributed by atoms with Crippen molar-refractivity contribution in [1.82, 2.24) is 0 Å². The molecule has 0 atom stereocenters. The fourth-order valence-corrected chi connectivity index (χ4v) is 5.66. The van der Waals surface area contributed by atoms with Crippen LogP contribution >= 0.6 is 12.0 Å². The van der Waals surface area contributed by atoms with Crippen LogP contribution in [0.5, 0.6) is 11.5 Å². The number of phenolic OH excluding ortho intramolecular Hbond substituents is 1. The molecule has 0 aromatic heterocycles. The Morgan fingerprint density at radius 1 is 0.826 bits per heavy atom. The number of aromatic hydroxyl groups is 1. The fraction of sp³-hybridized carbons (Fsp3) is 0.0370. The Morgan fingerprint density at radius 3 is 2.24 bits per heavy atom. The number of hydrogen-bond donors (Lipinski definition) is 2. The van der Waals surface area contributed by atoms with E-state index in [1.54, 1.807) is 18.2 Å². The van der Waals surface area contributed by atoms with E-state index in [-0.39, 0.29) is 66.6 Å². The second kappa shape index (κ2) is 14.1. The van der Waals surface area contributed by atoms with Gasteiger partial charge in [-0.1, -0.05) is 53.3 Å². The van der Waals surface area contributed by atoms with E-state index in [4.69, 9.17) is 5.26 Å². The second-order valence-corrected chi connectivity index (χ2v) is 12.9. The van der Waals surface area contributed by atoms with Crippen LogP contribution in [-0.4, -0.2) is 38.0 Å². The monoisotopic (exact) mass is 731 g/mol. The molecule has 242 valence electrons. The van der Waals surface area contributed by atoms with Crippen molar-refractivity contribution in [2.45, 2.75) is 9.79 Å². The van der Waals surface area contributed by atoms with Gasteiger partial charge in [0, 0.05) is 17.0 Å². The van der Waals surface area contributed by atoms with E-state index in [1.165, 1.54) is 48.5 Å². The number of benzene rings is 5. The van der Waals surface area contributed by atoms with E-state index in [0.717, 1.165) is 18.4 Å². The molecular formula is C27H18CuN5O10S3-2. The third-order valence-electron chi connectivity index (χ3n) is 6.07. The van der Waals surface area contributed by atoms with Gasteiger partial charge in [-0.05, 0) is 47.2 Å². The number of azo groups is 2. The van der Waals surface area contributed by atoms with Crippen molar-refractivity contribution in [3.63, 3.8) is 0 Å². The third kappa shape index (κ3) is 7.97. The minimum Gasteiger partial charge on any atom is -0.871 e. The predicted molar refractivity (Wildman–Crippen MR) is 160 cm³/mol. The SMILES string of the molecule is CS(=O)(=O)[N-]c1ccccc1N=Nc1c(SOOO)cc2ccc(N=Nc3c([O-])ccc4cc(S(=O)(=O)[O-])ccc34)cc2c1O.[Cu+]. The Kier molecular flexibility index (Phi) is 10.6. The van der Waals surface area contributed by atoms with Crippen molar-refractivity contribution in [2.24, 2.45) is 20.5 Å². The summed E-state index contributed by atoms with van der Waals surface area (Å²) in [6.45, 7) is 0. The zero-order valence-corrected chi connectivity index (χ0v) is 26.3. The van der Waals surface area contributed by atoms with Gasteiger partial charge in [0.1, 0.15) is 15.8 Å². The molecule has 0 saturated carbocycles. The molecule has 5 aromatic carbocycles. The van der Waals surface area contributed by atoms with E-state index in [2.05, 4.69) is 34.6 Å². The number of phenols is 1. The Bertz CT molecular complexity index is 2230. The topological polar surface area (TPSA) is 237 Å². The normalized spacial score (nSPS) is 12.2. The molecule has 0 spiro atoms. The smallest absolute Gasteiger partial charge is 0.871 e. The summed E-state index contributed by atoms with van der Waals surface area (Å²) in [5, 5.41) is 53.7. The second-order valence-electron chi connectivity index (χ2n) is 9.17. The van der Waals surface area contributed by atoms with E-state index < -0.39 is 36.5 Å². The van der Waals surface area contributed by atoms with Crippen molar-refractivity contribution >= 4 is 82.2 Å². The van der Waals surface area contributed by atoms with Crippen LogP contribution in [0.25, 0.3) is 26.3 Å². The van der Waals surface area contributed by atoms with Crippen LogP contribution < -0.4 is 5.11 Å². The average molecular weight is 732 g/mol. The predicted octanol–water partition coefficient (Wildman–Crippen LogP) is 6.90. The summed E-state index contributed by atoms with van der Waals surface area (Å²) in [5.74, 6) is -0.915. The van der Waals surface area contributed by atoms with Crippen molar-refractivity contribution in [3.05, 3.63) is 83.6 Å². The van der Waals surface area contributed by atoms with Crippen LogP contribution in [0.1, 0.15) is 0 Å². The van der Waals surface area contributed by atoms with E-state index in [9.17, 15) is 31.6 Å². The molecule has 0 amide bonds. The van der Waals surface area contributed by atoms with Gasteiger partial charge < -0.3 is 19.5 Å². The van der Waals surface area contributed by atoms with Crippen LogP contribution in [0.15, 0.2) is 109 Å². The number of hydrogen-bond acceptors (Lipinski definition) is 15. The Balaban J connectivity index is 0.00000480. The summed E-state index contributed by atoms with van der Waals surface area (Å²) in [6, 6.07) is 18.1. The quantitative estimate of drug-likeness (QED) is 0.0374. The van der Waals surface area contributed by atoms with Gasteiger partial charge in [-0.3, -0.25) is 0 Å². The molecule has 0 heterocycles. The molecule has 0 unspecified atom stereocenters. The Hall–Kier alpha value is -4.17. The summed E-state index contributed by atoms with van der Waals surface area (Å²) in [6.07, 6.45) is 0.918. The summed E-state index contributed by atoms with van der Waals surface area (Å²) in [7, 11) is -8.48. The summed E-state index contributed by atoms with van der Waals surface area (Å²) in [4.78, 5) is -0.313. The van der Waals surface area contributed by atoms with Crippen molar-refractivity contribution < 1.29 is 63.3 Å². The minimum atomic E-state index is -4.72. The van der Waals surface area contributed by atoms with E-state index in [0.29, 0.717) is 17.4 Å². The minimum absolute atomic E-state index is 0. The molecule has 0 saturated heterocycles. The van der Waals surface area contributed by atoms with Crippen LogP contribution in [-0.2, 0) is 46.6 Å². The Morgan fingerprint density at radius 2 is 1.52 bits per heavy atom. The van der Waals surface area contributed by atoms with Crippen molar-refractivity contribution in [2.75, 3.05) is 6.26 Å². The van der Waals surface area contributed by atoms with Gasteiger partial charge in [-0.25, -0.2) is 22.1 Å². The molecule has 0 aliphatic carbocycles. The van der Waals surface area contributed by atoms with Gasteiger partial charge >= 0.3 is 17.1 Å². The molecule has 5 aromatic rings. The summed E-state index contributed by atoms with van der Waals surface area (Å²) < 4.78 is 65.8. The van der Waals surface area contributed by atoms with Gasteiger partial charge in [-0.2, -0.15) is 15.3 Å². The van der Waals surface area contributed by atoms with E-state index in [1.807, 2.05) is 0 Å². The average Bonchev–Trinajstić information content (AvgIpc) is 2.98. The van der Waals surface area contributed by atoms with Crippen LogP contribution in [0.4, 0.5) is 28.4 Å². The first-order valence-electron chi connectivity index (χ1n) is 12.3. The van der Waals surface area contributed by atoms with Crippen LogP contribution in [0.2, 0.25) is 0 Å². The van der Waals surface area contributed by atoms with Gasteiger partial charge in [0.05, 0.1) is 48.9 Å². The molecule has 0 bridgehead atoms. The van der Waals surface area contributed by atoms with Gasteiger partial charge in [0.2, 0.25) is 0 Å². The molecular weight excluding hydrogens is 714 g/mol. The molecule has 15 nitrogen and oxygen atoms in total. The van der Waals surface area contributed by atoms with Crippen molar-refractivity contribution in [3.8, 4) is 11.5 Å². The van der Waals surface area contributed by atoms with E-state index >= 15 is 0 Å². The third-order valence-corrected chi connectivity index (χ3v) is 8.05. The number of sulfonamides is 1. The molecule has 19 heteroatoms. The molecule has 0 aliphatic rings. The van der Waals surface area contributed by atoms with Crippen LogP contribution in [0.3, 0.4) is 0 Å². The molecule has 0 radical (unpaired) electrons. The zero-order valence-electron chi connectivity index (χ0n) is 22.9. The zero-order chi connectivity index (χ0) is 32.4. The number of rotatable bonds is 10. The number of nitrogens with zero attached hydrogens (tertiary/aromatic N) is 5. The largest absolute Gasteiger partial charge is 1.00 e. The van der Waals surface area contributed by atoms with Gasteiger partial charge in [-0.15, -0.1) is 15.1 Å². The first-order chi connectivity index (χ1) is 21.3. The first-order valence-corrected chi connectivity index (χ1v) is 16.3. The molecule has 0 aliphatic heterocycles. The van der Waals surface area contributed by atoms with Crippen molar-refractivity contribution in [1.29, 1.82) is 0 Å². The first kappa shape index (κ1) is 34.7. The summed E-state index contributed by atoms with van der Waals surface area (Å²) >= 11 is 0.503. The maximum atomic E-state index is 12.6. The standard InChI is InChI=1S/C27H20N5O10S3.Cu/c1-44(36,37)32-22-5-3-2-4-21(22)29-31-26-24(43-42-41-35)13-16-6-8-17(14-20(16)27(26)34)28-30-25-19-10-9-18(45(38,39)40)12-15(19)7-11-23(25)33;/h2-14H,1H3,(H4-,28,29,30,31,32,33,34,35,38,39,40);/q-1;+1/p-2. The van der Waals surface area contributed by atoms with Gasteiger partial charge in [0.25, 0.3) is 0 Å². The maximum Gasteiger partial charge on any atom is 1.00 e. The molecule has 5 rings (SSSR count). The Labute approximate surface area is 276 Å². The molecule has 0 fully saturated rings. The molecule has 46 heavy (non-hydrogen) atoms. The number of fused-ring (bicyclic) bond motifs is 2.